The molecule has 0 radical (unpaired) electrons. The van der Waals surface area contributed by atoms with Crippen molar-refractivity contribution in [2.45, 2.75) is 26.3 Å². The molecule has 2 aromatic heterocycles. The molecule has 0 saturated heterocycles. The van der Waals surface area contributed by atoms with E-state index in [1.807, 2.05) is 6.07 Å². The average molecular weight is 614 g/mol. The zero-order chi connectivity index (χ0) is 31.1. The molecule has 14 heteroatoms. The minimum atomic E-state index is -5.03. The van der Waals surface area contributed by atoms with E-state index in [9.17, 15) is 23.2 Å². The van der Waals surface area contributed by atoms with Crippen molar-refractivity contribution in [3.05, 3.63) is 105 Å². The zero-order valence-corrected chi connectivity index (χ0v) is 23.6. The number of hydrogen-bond donors (Lipinski definition) is 0. The van der Waals surface area contributed by atoms with Crippen LogP contribution in [0.2, 0.25) is 5.02 Å². The molecule has 0 saturated carbocycles. The summed E-state index contributed by atoms with van der Waals surface area (Å²) in [5, 5.41) is 9.21. The van der Waals surface area contributed by atoms with Crippen LogP contribution < -0.4 is 19.8 Å². The normalized spacial score (nSPS) is 11.0. The van der Waals surface area contributed by atoms with Crippen LogP contribution in [0.15, 0.2) is 66.4 Å². The van der Waals surface area contributed by atoms with Gasteiger partial charge in [-0.25, -0.2) is 9.97 Å². The van der Waals surface area contributed by atoms with Crippen molar-refractivity contribution in [1.29, 1.82) is 5.26 Å². The van der Waals surface area contributed by atoms with E-state index < -0.39 is 23.2 Å². The molecule has 4 rings (SSSR count). The highest BCUT2D eigenvalue weighted by Crippen LogP contribution is 2.35. The molecule has 2 aromatic carbocycles. The minimum absolute atomic E-state index is 0.0183. The number of methoxy groups -OCH3 is 1. The van der Waals surface area contributed by atoms with Gasteiger partial charge in [0, 0.05) is 11.2 Å². The summed E-state index contributed by atoms with van der Waals surface area (Å²) in [6, 6.07) is 12.5. The first-order chi connectivity index (χ1) is 20.5. The maximum absolute atomic E-state index is 13.8. The number of nitriles is 1. The lowest BCUT2D eigenvalue weighted by Crippen LogP contribution is -2.27. The first kappa shape index (κ1) is 30.9. The summed E-state index contributed by atoms with van der Waals surface area (Å²) in [5.41, 5.74) is -1.69. The maximum atomic E-state index is 13.8. The predicted octanol–water partition coefficient (Wildman–Crippen LogP) is 6.01. The first-order valence-electron chi connectivity index (χ1n) is 12.5. The lowest BCUT2D eigenvalue weighted by Gasteiger charge is -2.16. The standard InChI is InChI=1S/C29H23ClF3N5O5/c1-4-41-17(2)26-35-13-20(27(37-26)42-15-18-5-7-22(40-3)8-6-18)14-38-16-36-25(29(31,32)33)24(28(38)39)43-23-10-19(12-34)9-21(30)11-23/h5-11,13,16H,2,4,14-15H2,1,3H3. The lowest BCUT2D eigenvalue weighted by molar-refractivity contribution is -0.142. The van der Waals surface area contributed by atoms with E-state index in [1.54, 1.807) is 38.3 Å². The van der Waals surface area contributed by atoms with E-state index in [-0.39, 0.29) is 52.5 Å². The van der Waals surface area contributed by atoms with Gasteiger partial charge < -0.3 is 18.9 Å². The largest absolute Gasteiger partial charge is 0.497 e. The Bertz CT molecular complexity index is 1740. The molecule has 43 heavy (non-hydrogen) atoms. The molecule has 0 fully saturated rings. The fraction of sp³-hybridized carbons (Fsp3) is 0.207. The third-order valence-corrected chi connectivity index (χ3v) is 5.97. The predicted molar refractivity (Wildman–Crippen MR) is 149 cm³/mol. The Morgan fingerprint density at radius 2 is 1.88 bits per heavy atom. The highest BCUT2D eigenvalue weighted by Gasteiger charge is 2.39. The van der Waals surface area contributed by atoms with Crippen LogP contribution in [-0.4, -0.2) is 33.2 Å². The molecule has 2 heterocycles. The van der Waals surface area contributed by atoms with Gasteiger partial charge in [0.15, 0.2) is 17.3 Å². The van der Waals surface area contributed by atoms with Gasteiger partial charge in [-0.3, -0.25) is 9.36 Å². The summed E-state index contributed by atoms with van der Waals surface area (Å²) in [6.45, 7) is 5.58. The van der Waals surface area contributed by atoms with Crippen LogP contribution in [0.25, 0.3) is 5.76 Å². The van der Waals surface area contributed by atoms with Gasteiger partial charge in [-0.15, -0.1) is 0 Å². The Morgan fingerprint density at radius 1 is 1.14 bits per heavy atom. The van der Waals surface area contributed by atoms with Gasteiger partial charge in [0.25, 0.3) is 5.56 Å². The molecule has 4 aromatic rings. The van der Waals surface area contributed by atoms with Crippen molar-refractivity contribution in [3.63, 3.8) is 0 Å². The second-order valence-corrected chi connectivity index (χ2v) is 9.20. The number of rotatable bonds is 11. The number of ether oxygens (including phenoxy) is 4. The quantitative estimate of drug-likeness (QED) is 0.187. The molecular formula is C29H23ClF3N5O5. The molecule has 0 aliphatic carbocycles. The summed E-state index contributed by atoms with van der Waals surface area (Å²) in [5.74, 6) is -0.391. The highest BCUT2D eigenvalue weighted by molar-refractivity contribution is 6.30. The van der Waals surface area contributed by atoms with Gasteiger partial charge in [0.2, 0.25) is 11.6 Å². The van der Waals surface area contributed by atoms with Crippen LogP contribution in [0.3, 0.4) is 0 Å². The smallest absolute Gasteiger partial charge is 0.437 e. The maximum Gasteiger partial charge on any atom is 0.437 e. The van der Waals surface area contributed by atoms with Crippen molar-refractivity contribution < 1.29 is 32.1 Å². The van der Waals surface area contributed by atoms with Crippen molar-refractivity contribution in [1.82, 2.24) is 19.5 Å². The number of aromatic nitrogens is 4. The highest BCUT2D eigenvalue weighted by atomic mass is 35.5. The molecule has 10 nitrogen and oxygen atoms in total. The number of hydrogen-bond acceptors (Lipinski definition) is 9. The van der Waals surface area contributed by atoms with E-state index in [2.05, 4.69) is 21.5 Å². The molecule has 0 amide bonds. The summed E-state index contributed by atoms with van der Waals surface area (Å²) in [6.07, 6.45) is -2.95. The van der Waals surface area contributed by atoms with E-state index >= 15 is 0 Å². The topological polar surface area (TPSA) is 121 Å². The van der Waals surface area contributed by atoms with E-state index in [0.717, 1.165) is 22.5 Å². The van der Waals surface area contributed by atoms with Gasteiger partial charge in [0.1, 0.15) is 18.1 Å². The van der Waals surface area contributed by atoms with Gasteiger partial charge >= 0.3 is 6.18 Å². The van der Waals surface area contributed by atoms with Gasteiger partial charge in [-0.1, -0.05) is 30.3 Å². The molecule has 222 valence electrons. The average Bonchev–Trinajstić information content (AvgIpc) is 2.98. The Labute approximate surface area is 248 Å². The minimum Gasteiger partial charge on any atom is -0.497 e. The summed E-state index contributed by atoms with van der Waals surface area (Å²) >= 11 is 5.96. The molecule has 0 spiro atoms. The third-order valence-electron chi connectivity index (χ3n) is 5.75. The summed E-state index contributed by atoms with van der Waals surface area (Å²) < 4.78 is 64.2. The summed E-state index contributed by atoms with van der Waals surface area (Å²) in [4.78, 5) is 25.4. The molecule has 0 aliphatic rings. The van der Waals surface area contributed by atoms with Crippen molar-refractivity contribution >= 4 is 17.4 Å². The van der Waals surface area contributed by atoms with Crippen LogP contribution in [0, 0.1) is 11.3 Å². The number of halogens is 4. The number of nitrogens with zero attached hydrogens (tertiary/aromatic N) is 5. The van der Waals surface area contributed by atoms with Crippen LogP contribution in [-0.2, 0) is 24.1 Å². The molecule has 0 atom stereocenters. The fourth-order valence-electron chi connectivity index (χ4n) is 3.74. The van der Waals surface area contributed by atoms with E-state index in [1.165, 1.54) is 18.3 Å². The van der Waals surface area contributed by atoms with Crippen LogP contribution in [0.5, 0.6) is 23.1 Å². The molecule has 0 unspecified atom stereocenters. The Morgan fingerprint density at radius 3 is 2.53 bits per heavy atom. The van der Waals surface area contributed by atoms with E-state index in [4.69, 9.17) is 30.5 Å². The number of alkyl halides is 3. The first-order valence-corrected chi connectivity index (χ1v) is 12.9. The monoisotopic (exact) mass is 613 g/mol. The van der Waals surface area contributed by atoms with Gasteiger partial charge in [0.05, 0.1) is 43.8 Å². The molecule has 0 aliphatic heterocycles. The molecular weight excluding hydrogens is 591 g/mol. The van der Waals surface area contributed by atoms with Crippen molar-refractivity contribution in [3.8, 4) is 29.2 Å². The van der Waals surface area contributed by atoms with Crippen molar-refractivity contribution in [2.24, 2.45) is 0 Å². The van der Waals surface area contributed by atoms with Crippen LogP contribution in [0.1, 0.15) is 35.1 Å². The second kappa shape index (κ2) is 13.3. The molecule has 0 N–H and O–H groups in total. The van der Waals surface area contributed by atoms with E-state index in [0.29, 0.717) is 12.4 Å². The van der Waals surface area contributed by atoms with Gasteiger partial charge in [-0.2, -0.15) is 23.4 Å². The Balaban J connectivity index is 1.73. The fourth-order valence-corrected chi connectivity index (χ4v) is 3.96. The van der Waals surface area contributed by atoms with Gasteiger partial charge in [-0.05, 0) is 42.8 Å². The van der Waals surface area contributed by atoms with Crippen LogP contribution in [0.4, 0.5) is 13.2 Å². The Kier molecular flexibility index (Phi) is 9.52. The lowest BCUT2D eigenvalue weighted by atomic mass is 10.2. The molecule has 0 bridgehead atoms. The second-order valence-electron chi connectivity index (χ2n) is 8.76. The van der Waals surface area contributed by atoms with Crippen LogP contribution >= 0.6 is 11.6 Å². The zero-order valence-electron chi connectivity index (χ0n) is 22.8. The Hall–Kier alpha value is -5.09. The summed E-state index contributed by atoms with van der Waals surface area (Å²) in [7, 11) is 1.54. The SMILES string of the molecule is C=C(OCC)c1ncc(Cn2cnc(C(F)(F)F)c(Oc3cc(Cl)cc(C#N)c3)c2=O)c(OCc2ccc(OC)cc2)n1. The van der Waals surface area contributed by atoms with Crippen molar-refractivity contribution in [2.75, 3.05) is 13.7 Å². The number of benzene rings is 2. The third kappa shape index (κ3) is 7.60.